The number of benzene rings is 4. The molecule has 0 N–H and O–H groups in total. The summed E-state index contributed by atoms with van der Waals surface area (Å²) in [6.07, 6.45) is 0. The number of pyridine rings is 1. The van der Waals surface area contributed by atoms with Gasteiger partial charge in [0.15, 0.2) is 0 Å². The third kappa shape index (κ3) is 4.96. The first-order valence-electron chi connectivity index (χ1n) is 13.8. The van der Waals surface area contributed by atoms with Gasteiger partial charge in [0.2, 0.25) is 0 Å². The van der Waals surface area contributed by atoms with Crippen LogP contribution in [-0.2, 0) is 0 Å². The van der Waals surface area contributed by atoms with Gasteiger partial charge in [0, 0.05) is 59.8 Å². The van der Waals surface area contributed by atoms with Gasteiger partial charge in [-0.25, -0.2) is 4.98 Å². The minimum absolute atomic E-state index is 0.0256. The van der Waals surface area contributed by atoms with Gasteiger partial charge in [0.05, 0.1) is 5.52 Å². The van der Waals surface area contributed by atoms with Crippen molar-refractivity contribution in [2.24, 2.45) is 0 Å². The summed E-state index contributed by atoms with van der Waals surface area (Å²) in [5, 5.41) is 3.96. The fraction of sp³-hybridized carbons (Fsp3) is 0.265. The molecule has 4 aromatic carbocycles. The van der Waals surface area contributed by atoms with Crippen LogP contribution < -0.4 is 9.80 Å². The summed E-state index contributed by atoms with van der Waals surface area (Å²) in [6.45, 7) is 12.7. The molecule has 5 rings (SSSR count). The van der Waals surface area contributed by atoms with E-state index in [1.165, 1.54) is 27.9 Å². The van der Waals surface area contributed by atoms with Gasteiger partial charge in [-0.3, -0.25) is 0 Å². The van der Waals surface area contributed by atoms with E-state index in [2.05, 4.69) is 128 Å². The summed E-state index contributed by atoms with van der Waals surface area (Å²) in [4.78, 5) is 9.71. The average Bonchev–Trinajstić information content (AvgIpc) is 2.96. The van der Waals surface area contributed by atoms with E-state index in [0.29, 0.717) is 5.15 Å². The zero-order chi connectivity index (χ0) is 26.6. The fourth-order valence-corrected chi connectivity index (χ4v) is 5.84. The topological polar surface area (TPSA) is 19.4 Å². The Bertz CT molecular complexity index is 1460. The molecule has 3 nitrogen and oxygen atoms in total. The van der Waals surface area contributed by atoms with Crippen LogP contribution in [0.1, 0.15) is 50.3 Å². The summed E-state index contributed by atoms with van der Waals surface area (Å²) >= 11 is 7.02. The van der Waals surface area contributed by atoms with Crippen LogP contribution in [0.5, 0.6) is 0 Å². The number of aromatic nitrogens is 1. The molecule has 0 aliphatic rings. The summed E-state index contributed by atoms with van der Waals surface area (Å²) in [7, 11) is 0. The third-order valence-electron chi connectivity index (χ3n) is 7.71. The van der Waals surface area contributed by atoms with Gasteiger partial charge >= 0.3 is 0 Å². The van der Waals surface area contributed by atoms with Crippen LogP contribution in [0.4, 0.5) is 11.4 Å². The van der Waals surface area contributed by atoms with Crippen LogP contribution in [0, 0.1) is 0 Å². The number of anilines is 2. The van der Waals surface area contributed by atoms with Crippen molar-refractivity contribution < 1.29 is 0 Å². The number of hydrogen-bond acceptors (Lipinski definition) is 3. The van der Waals surface area contributed by atoms with E-state index in [-0.39, 0.29) is 5.92 Å². The van der Waals surface area contributed by atoms with Gasteiger partial charge in [-0.15, -0.1) is 0 Å². The standard InChI is InChI=1S/C34H36ClN3/c1-5-37(6-2)28-19-15-25(16-20-28)32(26-17-21-29(22-18-26)38(7-3)8-4)31-23-27-14-13-24-11-9-10-12-30(24)33(27)36-34(31)35/h9-23,32H,5-8H2,1-4H3. The predicted molar refractivity (Wildman–Crippen MR) is 165 cm³/mol. The third-order valence-corrected chi connectivity index (χ3v) is 8.01. The largest absolute Gasteiger partial charge is 0.372 e. The summed E-state index contributed by atoms with van der Waals surface area (Å²) in [5.41, 5.74) is 6.87. The van der Waals surface area contributed by atoms with Crippen LogP contribution in [0.2, 0.25) is 5.15 Å². The molecule has 0 saturated carbocycles. The van der Waals surface area contributed by atoms with Crippen molar-refractivity contribution in [2.45, 2.75) is 33.6 Å². The number of nitrogens with zero attached hydrogens (tertiary/aromatic N) is 3. The average molecular weight is 522 g/mol. The van der Waals surface area contributed by atoms with Crippen molar-refractivity contribution in [3.8, 4) is 0 Å². The van der Waals surface area contributed by atoms with Crippen molar-refractivity contribution in [3.05, 3.63) is 113 Å². The van der Waals surface area contributed by atoms with Crippen LogP contribution in [0.15, 0.2) is 91.0 Å². The normalized spacial score (nSPS) is 11.4. The quantitative estimate of drug-likeness (QED) is 0.142. The highest BCUT2D eigenvalue weighted by molar-refractivity contribution is 6.31. The van der Waals surface area contributed by atoms with Crippen LogP contribution in [0.3, 0.4) is 0 Å². The second kappa shape index (κ2) is 11.4. The Kier molecular flexibility index (Phi) is 7.85. The SMILES string of the molecule is CCN(CC)c1ccc(C(c2ccc(N(CC)CC)cc2)c2cc3ccc4ccccc4c3nc2Cl)cc1. The second-order valence-corrected chi connectivity index (χ2v) is 10.0. The Labute approximate surface area is 231 Å². The van der Waals surface area contributed by atoms with Gasteiger partial charge in [-0.2, -0.15) is 0 Å². The highest BCUT2D eigenvalue weighted by Gasteiger charge is 2.22. The molecule has 0 atom stereocenters. The van der Waals surface area contributed by atoms with Gasteiger partial charge in [-0.05, 0) is 74.5 Å². The molecule has 0 amide bonds. The van der Waals surface area contributed by atoms with E-state index >= 15 is 0 Å². The van der Waals surface area contributed by atoms with Crippen LogP contribution in [-0.4, -0.2) is 31.2 Å². The van der Waals surface area contributed by atoms with E-state index in [1.54, 1.807) is 0 Å². The molecule has 1 aromatic heterocycles. The molecule has 0 bridgehead atoms. The molecule has 38 heavy (non-hydrogen) atoms. The zero-order valence-corrected chi connectivity index (χ0v) is 23.5. The lowest BCUT2D eigenvalue weighted by Gasteiger charge is -2.25. The molecule has 0 aliphatic carbocycles. The molecule has 0 radical (unpaired) electrons. The first-order valence-corrected chi connectivity index (χ1v) is 14.1. The molecule has 5 aromatic rings. The highest BCUT2D eigenvalue weighted by atomic mass is 35.5. The van der Waals surface area contributed by atoms with E-state index in [4.69, 9.17) is 16.6 Å². The fourth-order valence-electron chi connectivity index (χ4n) is 5.59. The summed E-state index contributed by atoms with van der Waals surface area (Å²) in [6, 6.07) is 32.8. The molecule has 4 heteroatoms. The lowest BCUT2D eigenvalue weighted by atomic mass is 9.85. The highest BCUT2D eigenvalue weighted by Crippen LogP contribution is 2.39. The lowest BCUT2D eigenvalue weighted by Crippen LogP contribution is -2.22. The lowest BCUT2D eigenvalue weighted by molar-refractivity contribution is 0.862. The number of fused-ring (bicyclic) bond motifs is 3. The molecule has 0 spiro atoms. The summed E-state index contributed by atoms with van der Waals surface area (Å²) in [5.74, 6) is -0.0256. The van der Waals surface area contributed by atoms with E-state index in [0.717, 1.165) is 48.0 Å². The molecule has 0 aliphatic heterocycles. The van der Waals surface area contributed by atoms with Gasteiger partial charge in [0.1, 0.15) is 5.15 Å². The second-order valence-electron chi connectivity index (χ2n) is 9.69. The number of rotatable bonds is 9. The van der Waals surface area contributed by atoms with Gasteiger partial charge in [-0.1, -0.05) is 72.3 Å². The Morgan fingerprint density at radius 3 is 1.66 bits per heavy atom. The Morgan fingerprint density at radius 1 is 0.632 bits per heavy atom. The molecule has 0 saturated heterocycles. The molecular weight excluding hydrogens is 486 g/mol. The molecule has 0 unspecified atom stereocenters. The van der Waals surface area contributed by atoms with Crippen molar-refractivity contribution >= 4 is 44.7 Å². The number of halogens is 1. The van der Waals surface area contributed by atoms with Crippen molar-refractivity contribution in [1.29, 1.82) is 0 Å². The molecule has 1 heterocycles. The Morgan fingerprint density at radius 2 is 1.13 bits per heavy atom. The molecule has 0 fully saturated rings. The minimum Gasteiger partial charge on any atom is -0.372 e. The molecular formula is C34H36ClN3. The maximum Gasteiger partial charge on any atom is 0.133 e. The first-order chi connectivity index (χ1) is 18.6. The summed E-state index contributed by atoms with van der Waals surface area (Å²) < 4.78 is 0. The monoisotopic (exact) mass is 521 g/mol. The van der Waals surface area contributed by atoms with E-state index < -0.39 is 0 Å². The van der Waals surface area contributed by atoms with Gasteiger partial charge < -0.3 is 9.80 Å². The van der Waals surface area contributed by atoms with Crippen molar-refractivity contribution in [3.63, 3.8) is 0 Å². The molecule has 194 valence electrons. The van der Waals surface area contributed by atoms with E-state index in [1.807, 2.05) is 0 Å². The Balaban J connectivity index is 1.66. The first kappa shape index (κ1) is 26.1. The maximum absolute atomic E-state index is 7.02. The predicted octanol–water partition coefficient (Wildman–Crippen LogP) is 8.91. The van der Waals surface area contributed by atoms with E-state index in [9.17, 15) is 0 Å². The van der Waals surface area contributed by atoms with Crippen molar-refractivity contribution in [1.82, 2.24) is 4.98 Å². The Hall–Kier alpha value is -3.56. The van der Waals surface area contributed by atoms with Crippen LogP contribution >= 0.6 is 11.6 Å². The van der Waals surface area contributed by atoms with Gasteiger partial charge in [0.25, 0.3) is 0 Å². The minimum atomic E-state index is -0.0256. The zero-order valence-electron chi connectivity index (χ0n) is 22.8. The number of hydrogen-bond donors (Lipinski definition) is 0. The smallest absolute Gasteiger partial charge is 0.133 e. The maximum atomic E-state index is 7.02. The van der Waals surface area contributed by atoms with Crippen LogP contribution in [0.25, 0.3) is 21.7 Å². The van der Waals surface area contributed by atoms with Crippen molar-refractivity contribution in [2.75, 3.05) is 36.0 Å².